The molecule has 5 rings (SSSR count). The van der Waals surface area contributed by atoms with Gasteiger partial charge in [-0.25, -0.2) is 9.34 Å². The Kier molecular flexibility index (Phi) is 7.30. The van der Waals surface area contributed by atoms with E-state index in [9.17, 15) is 14.5 Å². The lowest BCUT2D eigenvalue weighted by atomic mass is 9.51. The molecule has 0 spiro atoms. The molecule has 0 aromatic heterocycles. The van der Waals surface area contributed by atoms with Crippen molar-refractivity contribution < 1.29 is 14.5 Å². The molecular weight excluding hydrogens is 505 g/mol. The van der Waals surface area contributed by atoms with E-state index in [-0.39, 0.29) is 11.7 Å². The summed E-state index contributed by atoms with van der Waals surface area (Å²) >= 11 is 0. The highest BCUT2D eigenvalue weighted by atomic mass is 31.2. The highest BCUT2D eigenvalue weighted by Crippen LogP contribution is 2.67. The first-order valence-corrected chi connectivity index (χ1v) is 15.9. The van der Waals surface area contributed by atoms with Crippen molar-refractivity contribution in [3.63, 3.8) is 0 Å². The molecule has 1 aromatic carbocycles. The van der Waals surface area contributed by atoms with Crippen molar-refractivity contribution in [3.05, 3.63) is 52.6 Å². The number of ketones is 1. The van der Waals surface area contributed by atoms with Gasteiger partial charge in [-0.05, 0) is 119 Å². The van der Waals surface area contributed by atoms with Gasteiger partial charge in [-0.1, -0.05) is 30.6 Å². The lowest BCUT2D eigenvalue weighted by Crippen LogP contribution is -2.51. The van der Waals surface area contributed by atoms with Crippen LogP contribution >= 0.6 is 7.44 Å². The van der Waals surface area contributed by atoms with E-state index in [1.807, 2.05) is 6.08 Å². The van der Waals surface area contributed by atoms with Gasteiger partial charge in [0.1, 0.15) is 5.60 Å². The Morgan fingerprint density at radius 2 is 1.64 bits per heavy atom. The van der Waals surface area contributed by atoms with Crippen molar-refractivity contribution in [2.75, 3.05) is 47.2 Å². The van der Waals surface area contributed by atoms with Gasteiger partial charge in [0.05, 0.1) is 0 Å². The number of allylic oxidation sites excluding steroid dienone is 4. The van der Waals surface area contributed by atoms with Crippen LogP contribution in [0.5, 0.6) is 0 Å². The number of hydrogen-bond donors (Lipinski definition) is 1. The maximum absolute atomic E-state index is 13.7. The van der Waals surface area contributed by atoms with Crippen LogP contribution in [0, 0.1) is 28.8 Å². The third-order valence-corrected chi connectivity index (χ3v) is 12.8. The van der Waals surface area contributed by atoms with E-state index in [4.69, 9.17) is 0 Å². The first-order valence-electron chi connectivity index (χ1n) is 14.3. The standard InChI is InChI=1S/C32H44N3O3P/c1-31-21-28(22-8-11-24(12-9-22)33(2)3)30-26-15-13-25(36)20-23(26)10-14-27(30)29(31)16-17-32(31,37)18-19-39(38,34(4)5)35(6)7/h8-9,11-12,20,27-29,37H,10,13-17,21H2,1-7H3/t27-,28+,29-,31-,32+/m0/s1. The van der Waals surface area contributed by atoms with Gasteiger partial charge in [0.25, 0.3) is 7.44 Å². The monoisotopic (exact) mass is 549 g/mol. The van der Waals surface area contributed by atoms with Crippen molar-refractivity contribution in [2.24, 2.45) is 17.3 Å². The zero-order valence-corrected chi connectivity index (χ0v) is 25.5. The first-order chi connectivity index (χ1) is 18.3. The van der Waals surface area contributed by atoms with Crippen LogP contribution in [0.3, 0.4) is 0 Å². The number of fused-ring (bicyclic) bond motifs is 4. The summed E-state index contributed by atoms with van der Waals surface area (Å²) in [4.78, 5) is 14.4. The highest BCUT2D eigenvalue weighted by Gasteiger charge is 2.62. The molecule has 2 fully saturated rings. The quantitative estimate of drug-likeness (QED) is 0.386. The lowest BCUT2D eigenvalue weighted by Gasteiger charge is -2.53. The topological polar surface area (TPSA) is 64.1 Å². The summed E-state index contributed by atoms with van der Waals surface area (Å²) in [6.07, 6.45) is 7.52. The van der Waals surface area contributed by atoms with Crippen molar-refractivity contribution in [1.29, 1.82) is 0 Å². The summed E-state index contributed by atoms with van der Waals surface area (Å²) < 4.78 is 17.0. The Hall–Kier alpha value is -2.16. The van der Waals surface area contributed by atoms with E-state index in [0.29, 0.717) is 24.7 Å². The van der Waals surface area contributed by atoms with Crippen LogP contribution in [0.4, 0.5) is 5.69 Å². The molecule has 1 N–H and O–H groups in total. The molecule has 0 amide bonds. The van der Waals surface area contributed by atoms with E-state index >= 15 is 0 Å². The molecule has 0 bridgehead atoms. The van der Waals surface area contributed by atoms with Gasteiger partial charge in [0.15, 0.2) is 5.78 Å². The number of carbonyl (C=O) groups is 1. The molecule has 2 saturated carbocycles. The molecule has 0 radical (unpaired) electrons. The SMILES string of the molecule is CN(C)c1ccc([C@H]2C[C@@]3(C)[C@@H](CC[C@@]3(O)C#CP(=O)(N(C)C)N(C)C)[C@@H]3CCC4=CC(=O)CCC4=C32)cc1. The Morgan fingerprint density at radius 1 is 0.974 bits per heavy atom. The van der Waals surface area contributed by atoms with Crippen LogP contribution in [0.25, 0.3) is 0 Å². The third-order valence-electron chi connectivity index (χ3n) is 10.2. The summed E-state index contributed by atoms with van der Waals surface area (Å²) in [6, 6.07) is 8.84. The predicted octanol–water partition coefficient (Wildman–Crippen LogP) is 5.66. The normalized spacial score (nSPS) is 32.3. The number of aliphatic hydroxyl groups is 1. The van der Waals surface area contributed by atoms with Crippen LogP contribution in [-0.2, 0) is 9.36 Å². The molecular formula is C32H44N3O3P. The number of hydrogen-bond acceptors (Lipinski definition) is 4. The number of nitrogens with zero attached hydrogens (tertiary/aromatic N) is 3. The fraction of sp³-hybridized carbons (Fsp3) is 0.594. The molecule has 4 aliphatic rings. The largest absolute Gasteiger partial charge is 0.378 e. The summed E-state index contributed by atoms with van der Waals surface area (Å²) in [7, 11) is 8.16. The second-order valence-electron chi connectivity index (χ2n) is 12.9. The molecule has 4 aliphatic carbocycles. The van der Waals surface area contributed by atoms with Crippen molar-refractivity contribution in [1.82, 2.24) is 9.34 Å². The minimum Gasteiger partial charge on any atom is -0.378 e. The summed E-state index contributed by atoms with van der Waals surface area (Å²) in [6.45, 7) is 2.23. The van der Waals surface area contributed by atoms with Crippen LogP contribution in [-0.4, -0.2) is 68.1 Å². The first kappa shape index (κ1) is 28.4. The average Bonchev–Trinajstić information content (AvgIpc) is 3.16. The minimum absolute atomic E-state index is 0.153. The summed E-state index contributed by atoms with van der Waals surface area (Å²) in [5, 5.41) is 12.3. The second kappa shape index (κ2) is 10.0. The van der Waals surface area contributed by atoms with Gasteiger partial charge in [-0.3, -0.25) is 9.36 Å². The molecule has 39 heavy (non-hydrogen) atoms. The Morgan fingerprint density at radius 3 is 2.26 bits per heavy atom. The molecule has 0 saturated heterocycles. The van der Waals surface area contributed by atoms with E-state index in [1.165, 1.54) is 22.3 Å². The summed E-state index contributed by atoms with van der Waals surface area (Å²) in [5.41, 5.74) is 8.00. The van der Waals surface area contributed by atoms with Crippen molar-refractivity contribution in [2.45, 2.75) is 63.4 Å². The minimum atomic E-state index is -3.09. The van der Waals surface area contributed by atoms with E-state index in [2.05, 4.69) is 61.8 Å². The van der Waals surface area contributed by atoms with Gasteiger partial charge < -0.3 is 10.0 Å². The van der Waals surface area contributed by atoms with Gasteiger partial charge in [-0.2, -0.15) is 0 Å². The van der Waals surface area contributed by atoms with Crippen LogP contribution in [0.1, 0.15) is 63.4 Å². The molecule has 7 heteroatoms. The number of rotatable bonds is 4. The predicted molar refractivity (Wildman–Crippen MR) is 159 cm³/mol. The average molecular weight is 550 g/mol. The highest BCUT2D eigenvalue weighted by molar-refractivity contribution is 7.64. The van der Waals surface area contributed by atoms with Crippen molar-refractivity contribution >= 4 is 18.9 Å². The van der Waals surface area contributed by atoms with Gasteiger partial charge in [0.2, 0.25) is 0 Å². The number of carbonyl (C=O) groups excluding carboxylic acids is 1. The fourth-order valence-electron chi connectivity index (χ4n) is 7.90. The van der Waals surface area contributed by atoms with Crippen molar-refractivity contribution in [3.8, 4) is 11.6 Å². The molecule has 0 heterocycles. The van der Waals surface area contributed by atoms with Gasteiger partial charge in [0, 0.05) is 37.5 Å². The van der Waals surface area contributed by atoms with E-state index in [1.54, 1.807) is 37.5 Å². The maximum atomic E-state index is 13.7. The lowest BCUT2D eigenvalue weighted by molar-refractivity contribution is -0.114. The molecule has 0 aliphatic heterocycles. The fourth-order valence-corrected chi connectivity index (χ4v) is 9.34. The van der Waals surface area contributed by atoms with Gasteiger partial charge >= 0.3 is 0 Å². The smallest absolute Gasteiger partial charge is 0.286 e. The number of benzene rings is 1. The Balaban J connectivity index is 1.63. The molecule has 210 valence electrons. The number of anilines is 1. The molecule has 6 nitrogen and oxygen atoms in total. The third kappa shape index (κ3) is 4.56. The molecule has 5 atom stereocenters. The van der Waals surface area contributed by atoms with Crippen LogP contribution in [0.15, 0.2) is 47.1 Å². The maximum Gasteiger partial charge on any atom is 0.286 e. The Labute approximate surface area is 234 Å². The zero-order chi connectivity index (χ0) is 28.3. The second-order valence-corrected chi connectivity index (χ2v) is 15.8. The Bertz CT molecular complexity index is 1320. The molecule has 0 unspecified atom stereocenters. The van der Waals surface area contributed by atoms with Crippen LogP contribution in [0.2, 0.25) is 0 Å². The van der Waals surface area contributed by atoms with Gasteiger partial charge in [-0.15, -0.1) is 0 Å². The molecule has 1 aromatic rings. The van der Waals surface area contributed by atoms with E-state index < -0.39 is 18.5 Å². The summed E-state index contributed by atoms with van der Waals surface area (Å²) in [5.74, 6) is 4.29. The van der Waals surface area contributed by atoms with Crippen LogP contribution < -0.4 is 4.90 Å². The zero-order valence-electron chi connectivity index (χ0n) is 24.6. The van der Waals surface area contributed by atoms with E-state index in [0.717, 1.165) is 37.8 Å².